The molecule has 0 aliphatic rings. The van der Waals surface area contributed by atoms with E-state index in [1.165, 1.54) is 0 Å². The van der Waals surface area contributed by atoms with Crippen molar-refractivity contribution in [3.63, 3.8) is 0 Å². The molecule has 0 radical (unpaired) electrons. The highest BCUT2D eigenvalue weighted by Gasteiger charge is 2.13. The van der Waals surface area contributed by atoms with Crippen LogP contribution in [0.4, 0.5) is 0 Å². The molecule has 8 heteroatoms. The highest BCUT2D eigenvalue weighted by molar-refractivity contribution is 7.89. The zero-order chi connectivity index (χ0) is 16.1. The molecule has 0 fully saturated rings. The second-order valence-corrected chi connectivity index (χ2v) is 7.69. The van der Waals surface area contributed by atoms with Crippen LogP contribution >= 0.6 is 12.4 Å². The Morgan fingerprint density at radius 3 is 2.23 bits per heavy atom. The van der Waals surface area contributed by atoms with Crippen LogP contribution in [0.5, 0.6) is 0 Å². The third-order valence-electron chi connectivity index (χ3n) is 2.80. The molecule has 1 aromatic rings. The van der Waals surface area contributed by atoms with Gasteiger partial charge < -0.3 is 11.1 Å². The predicted molar refractivity (Wildman–Crippen MR) is 90.6 cm³/mol. The van der Waals surface area contributed by atoms with Crippen molar-refractivity contribution in [2.24, 2.45) is 5.73 Å². The van der Waals surface area contributed by atoms with Gasteiger partial charge in [-0.25, -0.2) is 13.1 Å². The van der Waals surface area contributed by atoms with Gasteiger partial charge >= 0.3 is 0 Å². The predicted octanol–water partition coefficient (Wildman–Crippen LogP) is 1.01. The number of halogens is 1. The van der Waals surface area contributed by atoms with E-state index in [4.69, 9.17) is 5.73 Å². The molecule has 0 bridgehead atoms. The van der Waals surface area contributed by atoms with E-state index in [1.807, 2.05) is 13.8 Å². The zero-order valence-corrected chi connectivity index (χ0v) is 14.7. The standard InChI is InChI=1S/C14H23N3O3S.ClH/c1-4-21(19,20)17-9-11-5-7-12(8-6-11)13(18)16-10-14(2,3)15;/h5-8,17H,4,9-10,15H2,1-3H3,(H,16,18);1H. The van der Waals surface area contributed by atoms with E-state index in [-0.39, 0.29) is 30.6 Å². The van der Waals surface area contributed by atoms with Gasteiger partial charge in [0.1, 0.15) is 0 Å². The van der Waals surface area contributed by atoms with Gasteiger partial charge in [-0.3, -0.25) is 4.79 Å². The molecule has 1 aromatic carbocycles. The molecule has 0 unspecified atom stereocenters. The Kier molecular flexibility index (Phi) is 8.03. The van der Waals surface area contributed by atoms with E-state index < -0.39 is 15.6 Å². The summed E-state index contributed by atoms with van der Waals surface area (Å²) in [6, 6.07) is 6.77. The van der Waals surface area contributed by atoms with Crippen molar-refractivity contribution < 1.29 is 13.2 Å². The maximum absolute atomic E-state index is 11.9. The van der Waals surface area contributed by atoms with Crippen molar-refractivity contribution in [3.05, 3.63) is 35.4 Å². The number of rotatable bonds is 7. The lowest BCUT2D eigenvalue weighted by Gasteiger charge is -2.18. The van der Waals surface area contributed by atoms with Gasteiger partial charge in [-0.1, -0.05) is 12.1 Å². The lowest BCUT2D eigenvalue weighted by Crippen LogP contribution is -2.45. The zero-order valence-electron chi connectivity index (χ0n) is 13.0. The van der Waals surface area contributed by atoms with Crippen molar-refractivity contribution in [2.75, 3.05) is 12.3 Å². The first-order valence-corrected chi connectivity index (χ1v) is 8.41. The number of benzene rings is 1. The molecule has 0 heterocycles. The second kappa shape index (κ2) is 8.47. The summed E-state index contributed by atoms with van der Waals surface area (Å²) in [5.41, 5.74) is 6.64. The fourth-order valence-electron chi connectivity index (χ4n) is 1.48. The molecule has 126 valence electrons. The monoisotopic (exact) mass is 349 g/mol. The van der Waals surface area contributed by atoms with Gasteiger partial charge in [-0.05, 0) is 38.5 Å². The van der Waals surface area contributed by atoms with Crippen LogP contribution in [0.3, 0.4) is 0 Å². The second-order valence-electron chi connectivity index (χ2n) is 5.59. The van der Waals surface area contributed by atoms with Gasteiger partial charge in [0, 0.05) is 24.2 Å². The van der Waals surface area contributed by atoms with E-state index in [2.05, 4.69) is 10.0 Å². The molecular formula is C14H24ClN3O3S. The highest BCUT2D eigenvalue weighted by atomic mass is 35.5. The molecule has 6 nitrogen and oxygen atoms in total. The van der Waals surface area contributed by atoms with Crippen LogP contribution in [-0.2, 0) is 16.6 Å². The van der Waals surface area contributed by atoms with Crippen molar-refractivity contribution in [1.82, 2.24) is 10.0 Å². The fourth-order valence-corrected chi connectivity index (χ4v) is 2.07. The Bertz CT molecular complexity index is 580. The highest BCUT2D eigenvalue weighted by Crippen LogP contribution is 2.05. The lowest BCUT2D eigenvalue weighted by atomic mass is 10.1. The maximum Gasteiger partial charge on any atom is 0.251 e. The molecule has 22 heavy (non-hydrogen) atoms. The molecule has 0 aliphatic carbocycles. The van der Waals surface area contributed by atoms with Gasteiger partial charge in [0.2, 0.25) is 10.0 Å². The summed E-state index contributed by atoms with van der Waals surface area (Å²) in [6.45, 7) is 5.83. The Morgan fingerprint density at radius 2 is 1.77 bits per heavy atom. The van der Waals surface area contributed by atoms with E-state index in [0.29, 0.717) is 12.1 Å². The number of hydrogen-bond donors (Lipinski definition) is 3. The number of hydrogen-bond acceptors (Lipinski definition) is 4. The van der Waals surface area contributed by atoms with Crippen molar-refractivity contribution in [2.45, 2.75) is 32.9 Å². The summed E-state index contributed by atoms with van der Waals surface area (Å²) in [7, 11) is -3.21. The van der Waals surface area contributed by atoms with Crippen LogP contribution in [0.25, 0.3) is 0 Å². The Labute approximate surface area is 138 Å². The van der Waals surface area contributed by atoms with Crippen LogP contribution in [-0.4, -0.2) is 32.2 Å². The van der Waals surface area contributed by atoms with Crippen LogP contribution in [0.1, 0.15) is 36.7 Å². The van der Waals surface area contributed by atoms with Crippen LogP contribution in [0.15, 0.2) is 24.3 Å². The number of nitrogens with one attached hydrogen (secondary N) is 2. The summed E-state index contributed by atoms with van der Waals surface area (Å²) in [4.78, 5) is 11.9. The molecule has 0 saturated heterocycles. The largest absolute Gasteiger partial charge is 0.350 e. The van der Waals surface area contributed by atoms with Gasteiger partial charge in [0.05, 0.1) is 5.75 Å². The van der Waals surface area contributed by atoms with Gasteiger partial charge in [0.15, 0.2) is 0 Å². The minimum absolute atomic E-state index is 0. The molecule has 0 spiro atoms. The first-order chi connectivity index (χ1) is 9.63. The normalized spacial score (nSPS) is 11.6. The van der Waals surface area contributed by atoms with Crippen LogP contribution in [0, 0.1) is 0 Å². The van der Waals surface area contributed by atoms with Crippen LogP contribution in [0.2, 0.25) is 0 Å². The van der Waals surface area contributed by atoms with Gasteiger partial charge in [0.25, 0.3) is 5.91 Å². The van der Waals surface area contributed by atoms with E-state index >= 15 is 0 Å². The molecule has 0 aliphatic heterocycles. The number of nitrogens with two attached hydrogens (primary N) is 1. The average Bonchev–Trinajstić information content (AvgIpc) is 2.42. The molecule has 0 saturated carbocycles. The summed E-state index contributed by atoms with van der Waals surface area (Å²) in [5.74, 6) is -0.156. The topological polar surface area (TPSA) is 101 Å². The van der Waals surface area contributed by atoms with E-state index in [9.17, 15) is 13.2 Å². The molecule has 1 amide bonds. The maximum atomic E-state index is 11.9. The molecule has 0 atom stereocenters. The summed E-state index contributed by atoms with van der Waals surface area (Å²) in [6.07, 6.45) is 0. The molecule has 0 aromatic heterocycles. The first-order valence-electron chi connectivity index (χ1n) is 6.76. The Morgan fingerprint density at radius 1 is 1.23 bits per heavy atom. The number of amides is 1. The molecule has 4 N–H and O–H groups in total. The number of carbonyl (C=O) groups excluding carboxylic acids is 1. The summed E-state index contributed by atoms with van der Waals surface area (Å²) in [5, 5.41) is 2.75. The Balaban J connectivity index is 0.00000441. The first kappa shape index (κ1) is 20.9. The number of sulfonamides is 1. The third-order valence-corrected chi connectivity index (χ3v) is 4.14. The van der Waals surface area contributed by atoms with Crippen LogP contribution < -0.4 is 15.8 Å². The number of carbonyl (C=O) groups is 1. The van der Waals surface area contributed by atoms with Gasteiger partial charge in [-0.15, -0.1) is 12.4 Å². The minimum atomic E-state index is -3.21. The SMILES string of the molecule is CCS(=O)(=O)NCc1ccc(C(=O)NCC(C)(C)N)cc1.Cl. The smallest absolute Gasteiger partial charge is 0.251 e. The van der Waals surface area contributed by atoms with Crippen molar-refractivity contribution in [1.29, 1.82) is 0 Å². The Hall–Kier alpha value is -1.15. The van der Waals surface area contributed by atoms with Gasteiger partial charge in [-0.2, -0.15) is 0 Å². The molecular weight excluding hydrogens is 326 g/mol. The van der Waals surface area contributed by atoms with E-state index in [1.54, 1.807) is 31.2 Å². The quantitative estimate of drug-likeness (QED) is 0.683. The molecule has 1 rings (SSSR count). The van der Waals surface area contributed by atoms with Crippen molar-refractivity contribution in [3.8, 4) is 0 Å². The lowest BCUT2D eigenvalue weighted by molar-refractivity contribution is 0.0946. The van der Waals surface area contributed by atoms with E-state index in [0.717, 1.165) is 5.56 Å². The third kappa shape index (κ3) is 7.74. The fraction of sp³-hybridized carbons (Fsp3) is 0.500. The van der Waals surface area contributed by atoms with Crippen molar-refractivity contribution >= 4 is 28.3 Å². The summed E-state index contributed by atoms with van der Waals surface area (Å²) < 4.78 is 25.2. The average molecular weight is 350 g/mol. The summed E-state index contributed by atoms with van der Waals surface area (Å²) >= 11 is 0. The minimum Gasteiger partial charge on any atom is -0.350 e.